The summed E-state index contributed by atoms with van der Waals surface area (Å²) in [6, 6.07) is 1.63. The Balaban J connectivity index is 2.13. The van der Waals surface area contributed by atoms with Crippen LogP contribution in [-0.4, -0.2) is 31.7 Å². The van der Waals surface area contributed by atoms with E-state index in [9.17, 15) is 14.3 Å². The molecule has 0 aromatic carbocycles. The lowest BCUT2D eigenvalue weighted by molar-refractivity contribution is -0.384. The van der Waals surface area contributed by atoms with Crippen molar-refractivity contribution < 1.29 is 9.13 Å². The van der Waals surface area contributed by atoms with Gasteiger partial charge in [-0.3, -0.25) is 14.3 Å². The summed E-state index contributed by atoms with van der Waals surface area (Å²) >= 11 is 0. The lowest BCUT2D eigenvalue weighted by Crippen LogP contribution is -2.30. The maximum atomic E-state index is 11.2. The minimum absolute atomic E-state index is 0.00157. The van der Waals surface area contributed by atoms with E-state index in [2.05, 4.69) is 10.3 Å². The standard InChI is InChI=1S/C11H15N3O3S/c1-8-6-10(14(15)16)11(12-7-8)13-9-2-4-18(17)5-3-9/h6-7,9H,2-5H2,1H3,(H,12,13). The van der Waals surface area contributed by atoms with Gasteiger partial charge in [0.15, 0.2) is 0 Å². The summed E-state index contributed by atoms with van der Waals surface area (Å²) < 4.78 is 11.2. The highest BCUT2D eigenvalue weighted by Gasteiger charge is 2.22. The maximum Gasteiger partial charge on any atom is 0.311 e. The number of hydrogen-bond acceptors (Lipinski definition) is 5. The molecule has 2 rings (SSSR count). The van der Waals surface area contributed by atoms with Crippen LogP contribution in [0.2, 0.25) is 0 Å². The van der Waals surface area contributed by atoms with E-state index in [0.717, 1.165) is 18.4 Å². The molecular formula is C11H15N3O3S. The fourth-order valence-electron chi connectivity index (χ4n) is 1.94. The van der Waals surface area contributed by atoms with Crippen LogP contribution in [0.15, 0.2) is 12.3 Å². The Labute approximate surface area is 107 Å². The van der Waals surface area contributed by atoms with Crippen LogP contribution in [0.1, 0.15) is 18.4 Å². The van der Waals surface area contributed by atoms with Crippen LogP contribution in [0.4, 0.5) is 11.5 Å². The number of aryl methyl sites for hydroxylation is 1. The number of hydrogen-bond donors (Lipinski definition) is 1. The Kier molecular flexibility index (Phi) is 3.90. The summed E-state index contributed by atoms with van der Waals surface area (Å²) in [4.78, 5) is 14.6. The fraction of sp³-hybridized carbons (Fsp3) is 0.545. The molecule has 0 atom stereocenters. The summed E-state index contributed by atoms with van der Waals surface area (Å²) in [6.45, 7) is 1.77. The summed E-state index contributed by atoms with van der Waals surface area (Å²) in [5.41, 5.74) is 0.763. The molecule has 1 aliphatic rings. The van der Waals surface area contributed by atoms with Crippen molar-refractivity contribution in [1.29, 1.82) is 0 Å². The molecule has 98 valence electrons. The van der Waals surface area contributed by atoms with E-state index >= 15 is 0 Å². The van der Waals surface area contributed by atoms with Crippen molar-refractivity contribution in [2.24, 2.45) is 0 Å². The minimum atomic E-state index is -0.731. The molecule has 1 N–H and O–H groups in total. The molecule has 0 amide bonds. The van der Waals surface area contributed by atoms with E-state index in [1.807, 2.05) is 0 Å². The van der Waals surface area contributed by atoms with Crippen molar-refractivity contribution in [2.75, 3.05) is 16.8 Å². The van der Waals surface area contributed by atoms with Crippen LogP contribution >= 0.6 is 0 Å². The normalized spacial score (nSPS) is 23.6. The van der Waals surface area contributed by atoms with E-state index in [1.54, 1.807) is 13.1 Å². The van der Waals surface area contributed by atoms with Crippen molar-refractivity contribution in [3.8, 4) is 0 Å². The third kappa shape index (κ3) is 3.04. The van der Waals surface area contributed by atoms with Gasteiger partial charge in [-0.05, 0) is 25.3 Å². The van der Waals surface area contributed by atoms with Gasteiger partial charge in [0.2, 0.25) is 5.82 Å². The molecule has 1 aromatic rings. The van der Waals surface area contributed by atoms with E-state index in [0.29, 0.717) is 17.3 Å². The third-order valence-electron chi connectivity index (χ3n) is 2.93. The molecule has 6 nitrogen and oxygen atoms in total. The van der Waals surface area contributed by atoms with Crippen LogP contribution in [-0.2, 0) is 10.8 Å². The smallest absolute Gasteiger partial charge is 0.311 e. The van der Waals surface area contributed by atoms with Crippen LogP contribution in [0.3, 0.4) is 0 Å². The Hall–Kier alpha value is -1.50. The fourth-order valence-corrected chi connectivity index (χ4v) is 3.23. The highest BCUT2D eigenvalue weighted by Crippen LogP contribution is 2.25. The molecule has 7 heteroatoms. The zero-order chi connectivity index (χ0) is 13.1. The minimum Gasteiger partial charge on any atom is -0.362 e. The summed E-state index contributed by atoms with van der Waals surface area (Å²) in [6.07, 6.45) is 3.13. The molecule has 0 saturated carbocycles. The number of nitrogens with zero attached hydrogens (tertiary/aromatic N) is 2. The Morgan fingerprint density at radius 1 is 1.50 bits per heavy atom. The van der Waals surface area contributed by atoms with Crippen molar-refractivity contribution in [1.82, 2.24) is 4.98 Å². The first-order valence-electron chi connectivity index (χ1n) is 5.79. The summed E-state index contributed by atoms with van der Waals surface area (Å²) in [5.74, 6) is 1.61. The SMILES string of the molecule is Cc1cnc(NC2CCS(=O)CC2)c([N+](=O)[O-])c1. The molecule has 0 spiro atoms. The average molecular weight is 269 g/mol. The molecule has 0 bridgehead atoms. The highest BCUT2D eigenvalue weighted by atomic mass is 32.2. The zero-order valence-corrected chi connectivity index (χ0v) is 10.9. The first kappa shape index (κ1) is 12.9. The second-order valence-corrected chi connectivity index (χ2v) is 6.10. The second-order valence-electron chi connectivity index (χ2n) is 4.40. The van der Waals surface area contributed by atoms with Crippen LogP contribution in [0.5, 0.6) is 0 Å². The van der Waals surface area contributed by atoms with Gasteiger partial charge >= 0.3 is 5.69 Å². The second kappa shape index (κ2) is 5.43. The number of rotatable bonds is 3. The molecule has 0 radical (unpaired) electrons. The Morgan fingerprint density at radius 3 is 2.78 bits per heavy atom. The molecule has 2 heterocycles. The summed E-state index contributed by atoms with van der Waals surface area (Å²) in [5, 5.41) is 14.0. The van der Waals surface area contributed by atoms with E-state index in [1.165, 1.54) is 6.07 Å². The molecular weight excluding hydrogens is 254 g/mol. The third-order valence-corrected chi connectivity index (χ3v) is 4.31. The predicted molar refractivity (Wildman–Crippen MR) is 70.1 cm³/mol. The van der Waals surface area contributed by atoms with Crippen LogP contribution < -0.4 is 5.32 Å². The lowest BCUT2D eigenvalue weighted by Gasteiger charge is -2.22. The van der Waals surface area contributed by atoms with E-state index in [-0.39, 0.29) is 11.7 Å². The number of aromatic nitrogens is 1. The summed E-state index contributed by atoms with van der Waals surface area (Å²) in [7, 11) is -0.731. The van der Waals surface area contributed by atoms with Crippen molar-refractivity contribution in [2.45, 2.75) is 25.8 Å². The van der Waals surface area contributed by atoms with Crippen molar-refractivity contribution in [3.05, 3.63) is 27.9 Å². The van der Waals surface area contributed by atoms with Gasteiger partial charge in [-0.1, -0.05) is 0 Å². The number of nitrogens with one attached hydrogen (secondary N) is 1. The first-order chi connectivity index (χ1) is 8.56. The van der Waals surface area contributed by atoms with Crippen LogP contribution in [0.25, 0.3) is 0 Å². The molecule has 18 heavy (non-hydrogen) atoms. The van der Waals surface area contributed by atoms with Gasteiger partial charge in [0.05, 0.1) is 4.92 Å². The molecule has 0 aliphatic carbocycles. The number of nitro groups is 1. The van der Waals surface area contributed by atoms with E-state index < -0.39 is 15.7 Å². The Morgan fingerprint density at radius 2 is 2.17 bits per heavy atom. The monoisotopic (exact) mass is 269 g/mol. The Bertz CT molecular complexity index is 482. The van der Waals surface area contributed by atoms with Crippen molar-refractivity contribution in [3.63, 3.8) is 0 Å². The van der Waals surface area contributed by atoms with Gasteiger partial charge in [-0.25, -0.2) is 4.98 Å². The number of pyridine rings is 1. The highest BCUT2D eigenvalue weighted by molar-refractivity contribution is 7.85. The molecule has 1 saturated heterocycles. The topological polar surface area (TPSA) is 85.1 Å². The molecule has 1 aromatic heterocycles. The van der Waals surface area contributed by atoms with Gasteiger partial charge in [0.25, 0.3) is 0 Å². The largest absolute Gasteiger partial charge is 0.362 e. The average Bonchev–Trinajstić information content (AvgIpc) is 2.34. The predicted octanol–water partition coefficient (Wildman–Crippen LogP) is 1.62. The van der Waals surface area contributed by atoms with Gasteiger partial charge in [0, 0.05) is 40.6 Å². The van der Waals surface area contributed by atoms with Crippen molar-refractivity contribution >= 4 is 22.3 Å². The number of anilines is 1. The maximum absolute atomic E-state index is 11.2. The van der Waals surface area contributed by atoms with Gasteiger partial charge in [-0.2, -0.15) is 0 Å². The molecule has 0 unspecified atom stereocenters. The molecule has 1 aliphatic heterocycles. The zero-order valence-electron chi connectivity index (χ0n) is 10.1. The van der Waals surface area contributed by atoms with Gasteiger partial charge in [-0.15, -0.1) is 0 Å². The van der Waals surface area contributed by atoms with Crippen LogP contribution in [0, 0.1) is 17.0 Å². The lowest BCUT2D eigenvalue weighted by atomic mass is 10.1. The first-order valence-corrected chi connectivity index (χ1v) is 7.27. The van der Waals surface area contributed by atoms with Gasteiger partial charge in [0.1, 0.15) is 0 Å². The van der Waals surface area contributed by atoms with Gasteiger partial charge < -0.3 is 5.32 Å². The quantitative estimate of drug-likeness (QED) is 0.665. The van der Waals surface area contributed by atoms with E-state index in [4.69, 9.17) is 0 Å². The molecule has 1 fully saturated rings.